The molecule has 1 aliphatic carbocycles. The zero-order valence-electron chi connectivity index (χ0n) is 15.0. The predicted octanol–water partition coefficient (Wildman–Crippen LogP) is 1.38. The maximum atomic E-state index is 12.2. The highest BCUT2D eigenvalue weighted by molar-refractivity contribution is 7.99. The smallest absolute Gasteiger partial charge is 0.322 e. The number of hydrazine groups is 1. The van der Waals surface area contributed by atoms with E-state index in [1.807, 2.05) is 0 Å². The number of hydrogen-bond acceptors (Lipinski definition) is 6. The molecule has 0 aromatic carbocycles. The van der Waals surface area contributed by atoms with Gasteiger partial charge in [-0.15, -0.1) is 5.10 Å². The summed E-state index contributed by atoms with van der Waals surface area (Å²) in [7, 11) is 0. The van der Waals surface area contributed by atoms with E-state index in [-0.39, 0.29) is 5.75 Å². The minimum Gasteiger partial charge on any atom is -0.322 e. The molecule has 9 nitrogen and oxygen atoms in total. The third kappa shape index (κ3) is 4.00. The molecule has 1 atom stereocenters. The molecule has 0 spiro atoms. The molecule has 1 saturated heterocycles. The minimum absolute atomic E-state index is 0.0145. The quantitative estimate of drug-likeness (QED) is 0.485. The molecule has 3 N–H and O–H groups in total. The van der Waals surface area contributed by atoms with Crippen LogP contribution in [-0.4, -0.2) is 49.3 Å². The van der Waals surface area contributed by atoms with Crippen LogP contribution >= 0.6 is 11.8 Å². The second-order valence-electron chi connectivity index (χ2n) is 7.00. The second kappa shape index (κ2) is 7.65. The molecule has 1 aromatic heterocycles. The lowest BCUT2D eigenvalue weighted by atomic mass is 10.00. The molecule has 0 bridgehead atoms. The van der Waals surface area contributed by atoms with Crippen molar-refractivity contribution >= 4 is 29.6 Å². The lowest BCUT2D eigenvalue weighted by Gasteiger charge is -2.19. The summed E-state index contributed by atoms with van der Waals surface area (Å²) < 4.78 is 0. The summed E-state index contributed by atoms with van der Waals surface area (Å²) in [5, 5.41) is 10.9. The first-order valence-electron chi connectivity index (χ1n) is 8.91. The Morgan fingerprint density at radius 1 is 1.38 bits per heavy atom. The number of imide groups is 1. The van der Waals surface area contributed by atoms with E-state index in [4.69, 9.17) is 0 Å². The molecule has 142 valence electrons. The Balaban J connectivity index is 1.48. The maximum Gasteiger partial charge on any atom is 0.344 e. The summed E-state index contributed by atoms with van der Waals surface area (Å²) in [5.41, 5.74) is 1.37. The van der Waals surface area contributed by atoms with E-state index in [0.29, 0.717) is 17.5 Å². The van der Waals surface area contributed by atoms with Gasteiger partial charge in [0.1, 0.15) is 11.4 Å². The number of H-pyrrole nitrogens is 1. The number of aromatic nitrogens is 3. The van der Waals surface area contributed by atoms with Gasteiger partial charge in [0.25, 0.3) is 5.91 Å². The number of hydrogen-bond donors (Lipinski definition) is 3. The molecule has 1 aliphatic heterocycles. The van der Waals surface area contributed by atoms with Crippen LogP contribution < -0.4 is 10.7 Å². The Morgan fingerprint density at radius 3 is 2.77 bits per heavy atom. The number of rotatable bonds is 7. The van der Waals surface area contributed by atoms with Crippen LogP contribution in [0.2, 0.25) is 0 Å². The van der Waals surface area contributed by atoms with Crippen LogP contribution in [0.4, 0.5) is 4.79 Å². The van der Waals surface area contributed by atoms with Gasteiger partial charge < -0.3 is 5.32 Å². The summed E-state index contributed by atoms with van der Waals surface area (Å²) in [5.74, 6) is 0.603. The van der Waals surface area contributed by atoms with Gasteiger partial charge in [0.2, 0.25) is 11.1 Å². The predicted molar refractivity (Wildman–Crippen MR) is 95.0 cm³/mol. The maximum absolute atomic E-state index is 12.2. The van der Waals surface area contributed by atoms with Gasteiger partial charge in [0.15, 0.2) is 0 Å². The van der Waals surface area contributed by atoms with Crippen LogP contribution in [-0.2, 0) is 16.0 Å². The largest absolute Gasteiger partial charge is 0.344 e. The Labute approximate surface area is 156 Å². The molecule has 3 rings (SSSR count). The number of nitrogens with one attached hydrogen (secondary N) is 3. The van der Waals surface area contributed by atoms with Gasteiger partial charge in [-0.1, -0.05) is 44.4 Å². The molecule has 1 unspecified atom stereocenters. The van der Waals surface area contributed by atoms with Crippen molar-refractivity contribution in [2.45, 2.75) is 63.1 Å². The Bertz CT molecular complexity index is 702. The van der Waals surface area contributed by atoms with Crippen LogP contribution in [0.3, 0.4) is 0 Å². The van der Waals surface area contributed by atoms with Gasteiger partial charge in [0, 0.05) is 6.42 Å². The Kier molecular flexibility index (Phi) is 5.49. The standard InChI is InChI=1S/C16H24N6O3S/c1-3-16(2)13(24)22(15(25)18-16)21-12(23)9-26-14-17-11(19-20-14)8-10-6-4-5-7-10/h10H,3-9H2,1-2H3,(H,18,25)(H,21,23)(H,17,19,20). The van der Waals surface area contributed by atoms with Gasteiger partial charge in [-0.2, -0.15) is 5.01 Å². The SMILES string of the molecule is CCC1(C)NC(=O)N(NC(=O)CSc2n[nH]c(CC3CCCC3)n2)C1=O. The zero-order chi connectivity index (χ0) is 18.7. The molecular weight excluding hydrogens is 356 g/mol. The van der Waals surface area contributed by atoms with Gasteiger partial charge in [-0.05, 0) is 19.3 Å². The van der Waals surface area contributed by atoms with Crippen molar-refractivity contribution in [2.75, 3.05) is 5.75 Å². The molecule has 26 heavy (non-hydrogen) atoms. The van der Waals surface area contributed by atoms with Crippen molar-refractivity contribution < 1.29 is 14.4 Å². The van der Waals surface area contributed by atoms with E-state index in [1.165, 1.54) is 25.7 Å². The van der Waals surface area contributed by atoms with Crippen LogP contribution in [0.15, 0.2) is 5.16 Å². The highest BCUT2D eigenvalue weighted by atomic mass is 32.2. The van der Waals surface area contributed by atoms with E-state index in [2.05, 4.69) is 25.9 Å². The Morgan fingerprint density at radius 2 is 2.12 bits per heavy atom. The average molecular weight is 380 g/mol. The summed E-state index contributed by atoms with van der Waals surface area (Å²) in [4.78, 5) is 40.6. The fourth-order valence-corrected chi connectivity index (χ4v) is 3.84. The van der Waals surface area contributed by atoms with E-state index in [0.717, 1.165) is 29.0 Å². The molecule has 2 heterocycles. The number of urea groups is 1. The molecule has 4 amide bonds. The number of aromatic amines is 1. The van der Waals surface area contributed by atoms with Crippen LogP contribution in [0.25, 0.3) is 0 Å². The second-order valence-corrected chi connectivity index (χ2v) is 7.94. The normalized spacial score (nSPS) is 23.5. The monoisotopic (exact) mass is 380 g/mol. The lowest BCUT2D eigenvalue weighted by molar-refractivity contribution is -0.137. The van der Waals surface area contributed by atoms with E-state index in [1.54, 1.807) is 13.8 Å². The van der Waals surface area contributed by atoms with Gasteiger partial charge >= 0.3 is 6.03 Å². The summed E-state index contributed by atoms with van der Waals surface area (Å²) in [6, 6.07) is -0.616. The Hall–Kier alpha value is -2.10. The molecule has 10 heteroatoms. The fourth-order valence-electron chi connectivity index (χ4n) is 3.23. The lowest BCUT2D eigenvalue weighted by Crippen LogP contribution is -2.49. The molecule has 0 radical (unpaired) electrons. The first-order valence-corrected chi connectivity index (χ1v) is 9.90. The van der Waals surface area contributed by atoms with E-state index >= 15 is 0 Å². The molecule has 2 aliphatic rings. The molecular formula is C16H24N6O3S. The van der Waals surface area contributed by atoms with Crippen molar-refractivity contribution in [1.82, 2.24) is 30.9 Å². The van der Waals surface area contributed by atoms with Crippen molar-refractivity contribution in [2.24, 2.45) is 5.92 Å². The van der Waals surface area contributed by atoms with Crippen LogP contribution in [0, 0.1) is 5.92 Å². The van der Waals surface area contributed by atoms with Crippen molar-refractivity contribution in [1.29, 1.82) is 0 Å². The number of nitrogens with zero attached hydrogens (tertiary/aromatic N) is 3. The zero-order valence-corrected chi connectivity index (χ0v) is 15.8. The molecule has 1 aromatic rings. The number of carbonyl (C=O) groups is 3. The van der Waals surface area contributed by atoms with E-state index < -0.39 is 23.4 Å². The summed E-state index contributed by atoms with van der Waals surface area (Å²) in [6.07, 6.45) is 6.35. The first kappa shape index (κ1) is 18.7. The van der Waals surface area contributed by atoms with E-state index in [9.17, 15) is 14.4 Å². The number of carbonyl (C=O) groups excluding carboxylic acids is 3. The highest BCUT2D eigenvalue weighted by Crippen LogP contribution is 2.27. The van der Waals surface area contributed by atoms with Crippen molar-refractivity contribution in [3.8, 4) is 0 Å². The van der Waals surface area contributed by atoms with Gasteiger partial charge in [0.05, 0.1) is 5.75 Å². The van der Waals surface area contributed by atoms with Gasteiger partial charge in [-0.25, -0.2) is 9.78 Å². The van der Waals surface area contributed by atoms with Crippen LogP contribution in [0.1, 0.15) is 51.8 Å². The number of amides is 4. The third-order valence-electron chi connectivity index (χ3n) is 5.00. The molecule has 2 fully saturated rings. The third-order valence-corrected chi connectivity index (χ3v) is 5.85. The summed E-state index contributed by atoms with van der Waals surface area (Å²) in [6.45, 7) is 3.43. The van der Waals surface area contributed by atoms with Crippen molar-refractivity contribution in [3.05, 3.63) is 5.82 Å². The number of thioether (sulfide) groups is 1. The van der Waals surface area contributed by atoms with Crippen molar-refractivity contribution in [3.63, 3.8) is 0 Å². The molecule has 1 saturated carbocycles. The minimum atomic E-state index is -0.976. The van der Waals surface area contributed by atoms with Gasteiger partial charge in [-0.3, -0.25) is 20.1 Å². The topological polar surface area (TPSA) is 120 Å². The fraction of sp³-hybridized carbons (Fsp3) is 0.688. The highest BCUT2D eigenvalue weighted by Gasteiger charge is 2.47. The summed E-state index contributed by atoms with van der Waals surface area (Å²) >= 11 is 1.16. The average Bonchev–Trinajstić information content (AvgIpc) is 3.32. The first-order chi connectivity index (χ1) is 12.4. The van der Waals surface area contributed by atoms with Crippen LogP contribution in [0.5, 0.6) is 0 Å².